The van der Waals surface area contributed by atoms with Crippen LogP contribution in [0.15, 0.2) is 46.8 Å². The fraction of sp³-hybridized carbons (Fsp3) is 0. The quantitative estimate of drug-likeness (QED) is 0.641. The molecule has 17 heavy (non-hydrogen) atoms. The maximum Gasteiger partial charge on any atom is 0.124 e. The van der Waals surface area contributed by atoms with Crippen LogP contribution in [0.3, 0.4) is 0 Å². The molecule has 0 amide bonds. The van der Waals surface area contributed by atoms with Gasteiger partial charge in [0.2, 0.25) is 0 Å². The van der Waals surface area contributed by atoms with Crippen molar-refractivity contribution in [2.24, 2.45) is 0 Å². The van der Waals surface area contributed by atoms with Gasteiger partial charge in [0.1, 0.15) is 10.6 Å². The fourth-order valence-corrected chi connectivity index (χ4v) is 3.23. The minimum absolute atomic E-state index is 0.230. The fourth-order valence-electron chi connectivity index (χ4n) is 1.82. The summed E-state index contributed by atoms with van der Waals surface area (Å²) in [6.45, 7) is 0. The Labute approximate surface area is 107 Å². The van der Waals surface area contributed by atoms with Crippen LogP contribution in [0.1, 0.15) is 0 Å². The van der Waals surface area contributed by atoms with E-state index in [9.17, 15) is 4.39 Å². The second-order valence-corrected chi connectivity index (χ2v) is 5.39. The monoisotopic (exact) mass is 261 g/mol. The van der Waals surface area contributed by atoms with Gasteiger partial charge in [0.25, 0.3) is 0 Å². The standard InChI is InChI=1S/C13H8FNS2/c14-9-5-3-8(4-6-9)11-10-2-1-7-15-12(10)17-13(11)16/h1-7,16H. The molecule has 0 saturated heterocycles. The molecular weight excluding hydrogens is 253 g/mol. The molecule has 2 aromatic heterocycles. The molecule has 2 heterocycles. The summed E-state index contributed by atoms with van der Waals surface area (Å²) in [6, 6.07) is 10.4. The summed E-state index contributed by atoms with van der Waals surface area (Å²) >= 11 is 6.02. The van der Waals surface area contributed by atoms with E-state index in [1.807, 2.05) is 12.1 Å². The van der Waals surface area contributed by atoms with E-state index in [2.05, 4.69) is 17.6 Å². The molecule has 0 spiro atoms. The third kappa shape index (κ3) is 1.83. The Balaban J connectivity index is 2.29. The number of aromatic nitrogens is 1. The lowest BCUT2D eigenvalue weighted by molar-refractivity contribution is 0.628. The van der Waals surface area contributed by atoms with Crippen molar-refractivity contribution in [1.29, 1.82) is 0 Å². The van der Waals surface area contributed by atoms with E-state index in [4.69, 9.17) is 0 Å². The third-order valence-electron chi connectivity index (χ3n) is 2.58. The molecular formula is C13H8FNS2. The third-order valence-corrected chi connectivity index (χ3v) is 3.99. The number of pyridine rings is 1. The summed E-state index contributed by atoms with van der Waals surface area (Å²) in [5.41, 5.74) is 2.00. The number of halogens is 1. The maximum atomic E-state index is 12.9. The molecule has 0 radical (unpaired) electrons. The van der Waals surface area contributed by atoms with Crippen LogP contribution in [0.25, 0.3) is 21.3 Å². The van der Waals surface area contributed by atoms with Gasteiger partial charge in [-0.2, -0.15) is 0 Å². The Kier molecular flexibility index (Phi) is 2.61. The van der Waals surface area contributed by atoms with Gasteiger partial charge >= 0.3 is 0 Å². The minimum atomic E-state index is -0.230. The lowest BCUT2D eigenvalue weighted by Gasteiger charge is -2.01. The zero-order valence-corrected chi connectivity index (χ0v) is 10.4. The topological polar surface area (TPSA) is 12.9 Å². The van der Waals surface area contributed by atoms with Crippen molar-refractivity contribution in [3.63, 3.8) is 0 Å². The average Bonchev–Trinajstić information content (AvgIpc) is 2.66. The van der Waals surface area contributed by atoms with Crippen molar-refractivity contribution in [2.45, 2.75) is 4.21 Å². The SMILES string of the molecule is Fc1ccc(-c2c(S)sc3ncccc23)cc1. The van der Waals surface area contributed by atoms with Crippen molar-refractivity contribution in [2.75, 3.05) is 0 Å². The van der Waals surface area contributed by atoms with Gasteiger partial charge in [0.15, 0.2) is 0 Å². The lowest BCUT2D eigenvalue weighted by Crippen LogP contribution is -1.79. The molecule has 1 nitrogen and oxygen atoms in total. The van der Waals surface area contributed by atoms with Crippen LogP contribution in [0.4, 0.5) is 4.39 Å². The van der Waals surface area contributed by atoms with Crippen molar-refractivity contribution in [3.05, 3.63) is 48.4 Å². The normalized spacial score (nSPS) is 10.9. The van der Waals surface area contributed by atoms with Crippen LogP contribution < -0.4 is 0 Å². The van der Waals surface area contributed by atoms with E-state index in [0.717, 1.165) is 25.6 Å². The second kappa shape index (κ2) is 4.13. The first-order chi connectivity index (χ1) is 8.25. The number of thiol groups is 1. The number of thiophene rings is 1. The van der Waals surface area contributed by atoms with Gasteiger partial charge in [-0.05, 0) is 29.8 Å². The lowest BCUT2D eigenvalue weighted by atomic mass is 10.1. The first-order valence-corrected chi connectivity index (χ1v) is 6.34. The number of benzene rings is 1. The number of fused-ring (bicyclic) bond motifs is 1. The summed E-state index contributed by atoms with van der Waals surface area (Å²) < 4.78 is 13.8. The van der Waals surface area contributed by atoms with Gasteiger partial charge in [-0.15, -0.1) is 24.0 Å². The van der Waals surface area contributed by atoms with Crippen LogP contribution in [-0.4, -0.2) is 4.98 Å². The summed E-state index contributed by atoms with van der Waals surface area (Å²) in [4.78, 5) is 5.26. The van der Waals surface area contributed by atoms with Crippen LogP contribution in [0.2, 0.25) is 0 Å². The highest BCUT2D eigenvalue weighted by molar-refractivity contribution is 7.83. The second-order valence-electron chi connectivity index (χ2n) is 3.65. The van der Waals surface area contributed by atoms with Crippen LogP contribution in [-0.2, 0) is 0 Å². The Hall–Kier alpha value is -1.39. The molecule has 0 aliphatic carbocycles. The van der Waals surface area contributed by atoms with E-state index in [1.165, 1.54) is 23.5 Å². The molecule has 0 fully saturated rings. The van der Waals surface area contributed by atoms with Gasteiger partial charge in [-0.3, -0.25) is 0 Å². The van der Waals surface area contributed by atoms with Crippen LogP contribution in [0, 0.1) is 5.82 Å². The molecule has 0 aliphatic heterocycles. The average molecular weight is 261 g/mol. The smallest absolute Gasteiger partial charge is 0.124 e. The number of nitrogens with zero attached hydrogens (tertiary/aromatic N) is 1. The number of hydrogen-bond acceptors (Lipinski definition) is 3. The Morgan fingerprint density at radius 2 is 1.88 bits per heavy atom. The Morgan fingerprint density at radius 1 is 1.12 bits per heavy atom. The zero-order valence-electron chi connectivity index (χ0n) is 8.72. The van der Waals surface area contributed by atoms with E-state index >= 15 is 0 Å². The molecule has 0 unspecified atom stereocenters. The molecule has 0 aliphatic rings. The molecule has 0 bridgehead atoms. The summed E-state index contributed by atoms with van der Waals surface area (Å²) in [5, 5.41) is 1.06. The first kappa shape index (κ1) is 10.7. The van der Waals surface area contributed by atoms with Crippen LogP contribution in [0.5, 0.6) is 0 Å². The zero-order chi connectivity index (χ0) is 11.8. The highest BCUT2D eigenvalue weighted by atomic mass is 32.2. The molecule has 3 aromatic rings. The van der Waals surface area contributed by atoms with Crippen molar-refractivity contribution in [3.8, 4) is 11.1 Å². The van der Waals surface area contributed by atoms with Gasteiger partial charge in [0.05, 0.1) is 4.21 Å². The molecule has 4 heteroatoms. The summed E-state index contributed by atoms with van der Waals surface area (Å²) in [7, 11) is 0. The van der Waals surface area contributed by atoms with E-state index in [0.29, 0.717) is 0 Å². The predicted molar refractivity (Wildman–Crippen MR) is 72.3 cm³/mol. The van der Waals surface area contributed by atoms with E-state index in [-0.39, 0.29) is 5.82 Å². The molecule has 0 saturated carbocycles. The maximum absolute atomic E-state index is 12.9. The van der Waals surface area contributed by atoms with Gasteiger partial charge in [0, 0.05) is 17.1 Å². The summed E-state index contributed by atoms with van der Waals surface area (Å²) in [5.74, 6) is -0.230. The largest absolute Gasteiger partial charge is 0.245 e. The van der Waals surface area contributed by atoms with Gasteiger partial charge in [-0.1, -0.05) is 12.1 Å². The highest BCUT2D eigenvalue weighted by Gasteiger charge is 2.11. The highest BCUT2D eigenvalue weighted by Crippen LogP contribution is 2.39. The molecule has 0 N–H and O–H groups in total. The number of rotatable bonds is 1. The molecule has 3 rings (SSSR count). The van der Waals surface area contributed by atoms with Crippen molar-refractivity contribution >= 4 is 34.2 Å². The Morgan fingerprint density at radius 3 is 2.65 bits per heavy atom. The van der Waals surface area contributed by atoms with E-state index in [1.54, 1.807) is 18.3 Å². The van der Waals surface area contributed by atoms with E-state index < -0.39 is 0 Å². The predicted octanol–water partition coefficient (Wildman–Crippen LogP) is 4.39. The first-order valence-electron chi connectivity index (χ1n) is 5.08. The molecule has 84 valence electrons. The van der Waals surface area contributed by atoms with Gasteiger partial charge in [-0.25, -0.2) is 9.37 Å². The minimum Gasteiger partial charge on any atom is -0.245 e. The van der Waals surface area contributed by atoms with Crippen LogP contribution >= 0.6 is 24.0 Å². The summed E-state index contributed by atoms with van der Waals surface area (Å²) in [6.07, 6.45) is 1.76. The van der Waals surface area contributed by atoms with Gasteiger partial charge < -0.3 is 0 Å². The molecule has 1 aromatic carbocycles. The number of hydrogen-bond donors (Lipinski definition) is 1. The van der Waals surface area contributed by atoms with Crippen molar-refractivity contribution < 1.29 is 4.39 Å². The Bertz CT molecular complexity index is 673. The van der Waals surface area contributed by atoms with Crippen molar-refractivity contribution in [1.82, 2.24) is 4.98 Å². The molecule has 0 atom stereocenters.